The summed E-state index contributed by atoms with van der Waals surface area (Å²) in [6.45, 7) is 1.81. The van der Waals surface area contributed by atoms with Gasteiger partial charge in [0.25, 0.3) is 0 Å². The van der Waals surface area contributed by atoms with E-state index in [9.17, 15) is 5.11 Å². The highest BCUT2D eigenvalue weighted by molar-refractivity contribution is 9.10. The summed E-state index contributed by atoms with van der Waals surface area (Å²) in [6.07, 6.45) is -0.822. The number of aryl methyl sites for hydroxylation is 1. The number of aromatic nitrogens is 2. The Balaban J connectivity index is 2.51. The Morgan fingerprint density at radius 1 is 1.32 bits per heavy atom. The first kappa shape index (κ1) is 14.2. The molecule has 0 saturated heterocycles. The second kappa shape index (κ2) is 5.85. The van der Waals surface area contributed by atoms with Crippen LogP contribution in [-0.2, 0) is 0 Å². The van der Waals surface area contributed by atoms with Crippen molar-refractivity contribution in [1.29, 1.82) is 0 Å². The zero-order valence-corrected chi connectivity index (χ0v) is 13.1. The minimum atomic E-state index is -0.822. The molecule has 1 heterocycles. The molecule has 1 unspecified atom stereocenters. The van der Waals surface area contributed by atoms with Crippen LogP contribution in [0, 0.1) is 6.92 Å². The highest BCUT2D eigenvalue weighted by Crippen LogP contribution is 2.41. The summed E-state index contributed by atoms with van der Waals surface area (Å²) >= 11 is 4.59. The Morgan fingerprint density at radius 2 is 2.05 bits per heavy atom. The first-order chi connectivity index (χ1) is 9.10. The largest absolute Gasteiger partial charge is 0.495 e. The van der Waals surface area contributed by atoms with Crippen LogP contribution >= 0.6 is 27.5 Å². The maximum absolute atomic E-state index is 10.5. The minimum Gasteiger partial charge on any atom is -0.495 e. The number of hydrogen-bond acceptors (Lipinski definition) is 6. The maximum atomic E-state index is 10.5. The van der Waals surface area contributed by atoms with E-state index in [-0.39, 0.29) is 0 Å². The average molecular weight is 345 g/mol. The van der Waals surface area contributed by atoms with Gasteiger partial charge in [-0.15, -0.1) is 5.10 Å². The van der Waals surface area contributed by atoms with E-state index in [2.05, 4.69) is 25.5 Å². The number of methoxy groups -OCH3 is 2. The lowest BCUT2D eigenvalue weighted by Gasteiger charge is -2.16. The third kappa shape index (κ3) is 2.58. The Labute approximate surface area is 123 Å². The molecule has 1 N–H and O–H groups in total. The second-order valence-corrected chi connectivity index (χ2v) is 5.41. The van der Waals surface area contributed by atoms with Crippen molar-refractivity contribution in [3.05, 3.63) is 32.7 Å². The summed E-state index contributed by atoms with van der Waals surface area (Å²) in [6, 6.07) is 3.54. The molecule has 2 rings (SSSR count). The molecule has 7 heteroatoms. The molecule has 5 nitrogen and oxygen atoms in total. The van der Waals surface area contributed by atoms with Crippen LogP contribution in [0.2, 0.25) is 0 Å². The summed E-state index contributed by atoms with van der Waals surface area (Å²) < 4.78 is 15.1. The van der Waals surface area contributed by atoms with Gasteiger partial charge in [-0.3, -0.25) is 0 Å². The van der Waals surface area contributed by atoms with Gasteiger partial charge in [0.05, 0.1) is 24.8 Å². The zero-order chi connectivity index (χ0) is 14.0. The fourth-order valence-electron chi connectivity index (χ4n) is 1.76. The van der Waals surface area contributed by atoms with Gasteiger partial charge in [-0.2, -0.15) is 0 Å². The molecule has 0 aliphatic heterocycles. The van der Waals surface area contributed by atoms with Crippen LogP contribution in [0.15, 0.2) is 16.6 Å². The summed E-state index contributed by atoms with van der Waals surface area (Å²) in [4.78, 5) is 0.704. The number of rotatable bonds is 4. The van der Waals surface area contributed by atoms with Crippen molar-refractivity contribution in [3.8, 4) is 11.5 Å². The van der Waals surface area contributed by atoms with Crippen molar-refractivity contribution in [2.45, 2.75) is 13.0 Å². The summed E-state index contributed by atoms with van der Waals surface area (Å²) in [7, 11) is 3.13. The Morgan fingerprint density at radius 3 is 2.58 bits per heavy atom. The van der Waals surface area contributed by atoms with E-state index in [1.54, 1.807) is 26.4 Å². The van der Waals surface area contributed by atoms with Crippen molar-refractivity contribution in [2.24, 2.45) is 0 Å². The Bertz CT molecular complexity index is 588. The summed E-state index contributed by atoms with van der Waals surface area (Å²) in [5, 5.41) is 14.4. The number of halogens is 1. The third-order valence-electron chi connectivity index (χ3n) is 2.75. The van der Waals surface area contributed by atoms with E-state index in [1.807, 2.05) is 6.92 Å². The number of benzene rings is 1. The van der Waals surface area contributed by atoms with Gasteiger partial charge >= 0.3 is 0 Å². The van der Waals surface area contributed by atoms with Crippen LogP contribution in [-0.4, -0.2) is 28.9 Å². The molecular formula is C12H13BrN2O3S. The fraction of sp³-hybridized carbons (Fsp3) is 0.333. The molecule has 1 aromatic heterocycles. The average Bonchev–Trinajstić information content (AvgIpc) is 2.83. The van der Waals surface area contributed by atoms with Crippen LogP contribution in [0.5, 0.6) is 11.5 Å². The van der Waals surface area contributed by atoms with Crippen molar-refractivity contribution in [2.75, 3.05) is 14.2 Å². The minimum absolute atomic E-state index is 0.541. The maximum Gasteiger partial charge on any atom is 0.142 e. The molecular weight excluding hydrogens is 332 g/mol. The van der Waals surface area contributed by atoms with Crippen molar-refractivity contribution >= 4 is 27.5 Å². The lowest BCUT2D eigenvalue weighted by molar-refractivity contribution is 0.217. The molecule has 0 aliphatic rings. The molecule has 1 aromatic carbocycles. The molecule has 0 aliphatic carbocycles. The van der Waals surface area contributed by atoms with E-state index in [4.69, 9.17) is 9.47 Å². The van der Waals surface area contributed by atoms with Gasteiger partial charge in [0.15, 0.2) is 0 Å². The van der Waals surface area contributed by atoms with E-state index >= 15 is 0 Å². The van der Waals surface area contributed by atoms with Crippen LogP contribution in [0.4, 0.5) is 0 Å². The molecule has 2 aromatic rings. The third-order valence-corrected chi connectivity index (χ3v) is 4.38. The second-order valence-electron chi connectivity index (χ2n) is 3.83. The normalized spacial score (nSPS) is 12.3. The van der Waals surface area contributed by atoms with Gasteiger partial charge in [-0.1, -0.05) is 4.49 Å². The Hall–Kier alpha value is -1.18. The molecule has 0 saturated carbocycles. The fourth-order valence-corrected chi connectivity index (χ4v) is 3.10. The molecule has 19 heavy (non-hydrogen) atoms. The highest BCUT2D eigenvalue weighted by atomic mass is 79.9. The monoisotopic (exact) mass is 344 g/mol. The molecule has 102 valence electrons. The summed E-state index contributed by atoms with van der Waals surface area (Å²) in [5.74, 6) is 1.19. The van der Waals surface area contributed by atoms with Gasteiger partial charge in [0.1, 0.15) is 22.1 Å². The number of aliphatic hydroxyl groups excluding tert-OH is 1. The first-order valence-corrected chi connectivity index (χ1v) is 7.04. The molecule has 0 radical (unpaired) electrons. The molecule has 0 fully saturated rings. The molecule has 0 bridgehead atoms. The number of hydrogen-bond donors (Lipinski definition) is 1. The summed E-state index contributed by atoms with van der Waals surface area (Å²) in [5.41, 5.74) is 1.36. The van der Waals surface area contributed by atoms with Crippen LogP contribution in [0.3, 0.4) is 0 Å². The topological polar surface area (TPSA) is 64.5 Å². The predicted octanol–water partition coefficient (Wildman–Crippen LogP) is 2.71. The molecule has 0 amide bonds. The SMILES string of the molecule is COc1ccc(C(O)c2snnc2C)c(OC)c1Br. The lowest BCUT2D eigenvalue weighted by Crippen LogP contribution is -2.03. The quantitative estimate of drug-likeness (QED) is 0.923. The van der Waals surface area contributed by atoms with Crippen LogP contribution < -0.4 is 9.47 Å². The van der Waals surface area contributed by atoms with Gasteiger partial charge < -0.3 is 14.6 Å². The van der Waals surface area contributed by atoms with Crippen LogP contribution in [0.1, 0.15) is 22.2 Å². The Kier molecular flexibility index (Phi) is 4.38. The van der Waals surface area contributed by atoms with Gasteiger partial charge in [0, 0.05) is 5.56 Å². The number of ether oxygens (including phenoxy) is 2. The van der Waals surface area contributed by atoms with E-state index in [0.717, 1.165) is 0 Å². The van der Waals surface area contributed by atoms with Crippen molar-refractivity contribution in [1.82, 2.24) is 9.59 Å². The van der Waals surface area contributed by atoms with Gasteiger partial charge in [0.2, 0.25) is 0 Å². The van der Waals surface area contributed by atoms with E-state index < -0.39 is 6.10 Å². The smallest absolute Gasteiger partial charge is 0.142 e. The highest BCUT2D eigenvalue weighted by Gasteiger charge is 2.23. The molecule has 1 atom stereocenters. The molecule has 0 spiro atoms. The van der Waals surface area contributed by atoms with E-state index in [1.165, 1.54) is 11.5 Å². The number of nitrogens with zero attached hydrogens (tertiary/aromatic N) is 2. The standard InChI is InChI=1S/C12H13BrN2O3S/c1-6-12(19-15-14-6)10(16)7-4-5-8(17-2)9(13)11(7)18-3/h4-5,10,16H,1-3H3. The van der Waals surface area contributed by atoms with Crippen LogP contribution in [0.25, 0.3) is 0 Å². The van der Waals surface area contributed by atoms with Gasteiger partial charge in [-0.25, -0.2) is 0 Å². The van der Waals surface area contributed by atoms with Crippen molar-refractivity contribution in [3.63, 3.8) is 0 Å². The number of aliphatic hydroxyl groups is 1. The van der Waals surface area contributed by atoms with Crippen molar-refractivity contribution < 1.29 is 14.6 Å². The zero-order valence-electron chi connectivity index (χ0n) is 10.7. The first-order valence-electron chi connectivity index (χ1n) is 5.47. The predicted molar refractivity (Wildman–Crippen MR) is 76.0 cm³/mol. The van der Waals surface area contributed by atoms with E-state index in [0.29, 0.717) is 32.1 Å². The lowest BCUT2D eigenvalue weighted by atomic mass is 10.1. The van der Waals surface area contributed by atoms with Gasteiger partial charge in [-0.05, 0) is 46.5 Å².